The summed E-state index contributed by atoms with van der Waals surface area (Å²) in [7, 11) is 0. The third kappa shape index (κ3) is 3.50. The van der Waals surface area contributed by atoms with Crippen molar-refractivity contribution in [2.75, 3.05) is 13.1 Å². The van der Waals surface area contributed by atoms with E-state index in [1.54, 1.807) is 17.0 Å². The highest BCUT2D eigenvalue weighted by Gasteiger charge is 2.45. The van der Waals surface area contributed by atoms with Crippen molar-refractivity contribution in [2.45, 2.75) is 38.8 Å². The van der Waals surface area contributed by atoms with Gasteiger partial charge in [0, 0.05) is 24.5 Å². The highest BCUT2D eigenvalue weighted by Crippen LogP contribution is 2.48. The Hall–Kier alpha value is -2.44. The molecule has 1 aromatic heterocycles. The van der Waals surface area contributed by atoms with Crippen LogP contribution >= 0.6 is 0 Å². The molecule has 4 nitrogen and oxygen atoms in total. The molecular weight excluding hydrogens is 367 g/mol. The lowest BCUT2D eigenvalue weighted by atomic mass is 9.91. The van der Waals surface area contributed by atoms with E-state index < -0.39 is 11.7 Å². The van der Waals surface area contributed by atoms with E-state index in [0.717, 1.165) is 17.5 Å². The van der Waals surface area contributed by atoms with Crippen LogP contribution in [0.4, 0.5) is 13.2 Å². The summed E-state index contributed by atoms with van der Waals surface area (Å²) < 4.78 is 40.0. The lowest BCUT2D eigenvalue weighted by Crippen LogP contribution is -2.31. The van der Waals surface area contributed by atoms with Crippen molar-refractivity contribution in [3.63, 3.8) is 0 Å². The minimum absolute atomic E-state index is 0.109. The van der Waals surface area contributed by atoms with Crippen molar-refractivity contribution >= 4 is 5.91 Å². The molecule has 3 atom stereocenters. The van der Waals surface area contributed by atoms with E-state index in [2.05, 4.69) is 9.97 Å². The van der Waals surface area contributed by atoms with Crippen molar-refractivity contribution in [1.29, 1.82) is 0 Å². The quantitative estimate of drug-likeness (QED) is 0.766. The zero-order chi connectivity index (χ0) is 20.1. The molecule has 148 valence electrons. The molecule has 7 heteroatoms. The van der Waals surface area contributed by atoms with Crippen LogP contribution in [0.25, 0.3) is 0 Å². The number of aryl methyl sites for hydroxylation is 2. The van der Waals surface area contributed by atoms with E-state index in [1.807, 2.05) is 19.9 Å². The van der Waals surface area contributed by atoms with Crippen LogP contribution in [-0.4, -0.2) is 33.9 Å². The fraction of sp³-hybridized carbons (Fsp3) is 0.476. The number of rotatable bonds is 2. The molecule has 1 aliphatic heterocycles. The average molecular weight is 389 g/mol. The first-order valence-electron chi connectivity index (χ1n) is 9.50. The molecule has 2 aromatic rings. The van der Waals surface area contributed by atoms with Gasteiger partial charge < -0.3 is 4.90 Å². The highest BCUT2D eigenvalue weighted by atomic mass is 19.4. The van der Waals surface area contributed by atoms with Gasteiger partial charge in [0.1, 0.15) is 0 Å². The zero-order valence-corrected chi connectivity index (χ0v) is 15.8. The summed E-state index contributed by atoms with van der Waals surface area (Å²) in [5, 5.41) is 0. The highest BCUT2D eigenvalue weighted by molar-refractivity contribution is 5.90. The minimum Gasteiger partial charge on any atom is -0.335 e. The van der Waals surface area contributed by atoms with Gasteiger partial charge >= 0.3 is 6.18 Å². The van der Waals surface area contributed by atoms with Crippen molar-refractivity contribution in [3.05, 3.63) is 58.7 Å². The molecule has 2 fully saturated rings. The van der Waals surface area contributed by atoms with Gasteiger partial charge in [-0.3, -0.25) is 4.79 Å². The van der Waals surface area contributed by atoms with Crippen molar-refractivity contribution < 1.29 is 18.0 Å². The molecule has 1 saturated heterocycles. The molecule has 1 unspecified atom stereocenters. The second-order valence-electron chi connectivity index (χ2n) is 7.96. The summed E-state index contributed by atoms with van der Waals surface area (Å²) in [6.45, 7) is 4.77. The molecule has 0 bridgehead atoms. The summed E-state index contributed by atoms with van der Waals surface area (Å²) in [5.74, 6) is 0.356. The molecule has 4 rings (SSSR count). The predicted octanol–water partition coefficient (Wildman–Crippen LogP) is 4.38. The molecular formula is C21H22F3N3O. The molecule has 1 aliphatic carbocycles. The van der Waals surface area contributed by atoms with E-state index in [0.29, 0.717) is 31.5 Å². The Balaban J connectivity index is 1.48. The Bertz CT molecular complexity index is 878. The van der Waals surface area contributed by atoms with Crippen LogP contribution in [0.5, 0.6) is 0 Å². The first-order chi connectivity index (χ1) is 13.2. The number of carbonyl (C=O) groups is 1. The van der Waals surface area contributed by atoms with E-state index in [4.69, 9.17) is 0 Å². The van der Waals surface area contributed by atoms with Crippen molar-refractivity contribution in [1.82, 2.24) is 14.9 Å². The van der Waals surface area contributed by atoms with E-state index in [9.17, 15) is 18.0 Å². The topological polar surface area (TPSA) is 46.1 Å². The molecule has 28 heavy (non-hydrogen) atoms. The maximum Gasteiger partial charge on any atom is 0.416 e. The molecule has 0 N–H and O–H groups in total. The van der Waals surface area contributed by atoms with Gasteiger partial charge in [0.2, 0.25) is 5.82 Å². The smallest absolute Gasteiger partial charge is 0.335 e. The maximum absolute atomic E-state index is 13.3. The maximum atomic E-state index is 13.3. The van der Waals surface area contributed by atoms with E-state index in [-0.39, 0.29) is 29.5 Å². The number of likely N-dealkylation sites (tertiary alicyclic amines) is 1. The summed E-state index contributed by atoms with van der Waals surface area (Å²) >= 11 is 0. The van der Waals surface area contributed by atoms with Gasteiger partial charge in [-0.05, 0) is 62.1 Å². The number of alkyl halides is 3. The molecule has 2 heterocycles. The second-order valence-corrected chi connectivity index (χ2v) is 7.96. The second kappa shape index (κ2) is 6.87. The monoisotopic (exact) mass is 389 g/mol. The number of amides is 1. The number of halogens is 3. The SMILES string of the molecule is Cc1cc(C)nc(C(=O)N2C[C@H]3CC(c4ccccc4C(F)(F)F)C[C@H]3C2)n1. The van der Waals surface area contributed by atoms with Gasteiger partial charge in [0.15, 0.2) is 0 Å². The van der Waals surface area contributed by atoms with Crippen LogP contribution in [0.15, 0.2) is 30.3 Å². The molecule has 1 amide bonds. The van der Waals surface area contributed by atoms with Crippen molar-refractivity contribution in [2.24, 2.45) is 11.8 Å². The predicted molar refractivity (Wildman–Crippen MR) is 97.8 cm³/mol. The standard InChI is InChI=1S/C21H22F3N3O/c1-12-7-13(2)26-19(25-12)20(28)27-10-15-8-14(9-16(15)11-27)17-5-3-4-6-18(17)21(22,23)24/h3-7,14-16H,8-11H2,1-2H3/t14?,15-,16+. The number of fused-ring (bicyclic) bond motifs is 1. The van der Waals surface area contributed by atoms with Gasteiger partial charge in [0.25, 0.3) is 5.91 Å². The summed E-state index contributed by atoms with van der Waals surface area (Å²) in [6, 6.07) is 7.69. The zero-order valence-electron chi connectivity index (χ0n) is 15.8. The molecule has 0 radical (unpaired) electrons. The third-order valence-electron chi connectivity index (χ3n) is 5.92. The first-order valence-corrected chi connectivity index (χ1v) is 9.50. The van der Waals surface area contributed by atoms with Gasteiger partial charge in [-0.1, -0.05) is 18.2 Å². The molecule has 1 aromatic carbocycles. The largest absolute Gasteiger partial charge is 0.416 e. The first kappa shape index (κ1) is 18.9. The number of benzene rings is 1. The summed E-state index contributed by atoms with van der Waals surface area (Å²) in [5.41, 5.74) is 1.36. The van der Waals surface area contributed by atoms with Crippen LogP contribution in [0, 0.1) is 25.7 Å². The van der Waals surface area contributed by atoms with Crippen LogP contribution in [-0.2, 0) is 6.18 Å². The van der Waals surface area contributed by atoms with Crippen LogP contribution in [0.2, 0.25) is 0 Å². The third-order valence-corrected chi connectivity index (χ3v) is 5.92. The lowest BCUT2D eigenvalue weighted by Gasteiger charge is -2.21. The molecule has 0 spiro atoms. The van der Waals surface area contributed by atoms with Gasteiger partial charge in [-0.2, -0.15) is 13.2 Å². The Labute approximate surface area is 161 Å². The number of carbonyl (C=O) groups excluding carboxylic acids is 1. The Morgan fingerprint density at radius 1 is 1.04 bits per heavy atom. The normalized spacial score (nSPS) is 24.5. The van der Waals surface area contributed by atoms with Crippen LogP contribution in [0.3, 0.4) is 0 Å². The lowest BCUT2D eigenvalue weighted by molar-refractivity contribution is -0.138. The fourth-order valence-corrected chi connectivity index (χ4v) is 4.79. The Kier molecular flexibility index (Phi) is 4.63. The number of hydrogen-bond donors (Lipinski definition) is 0. The molecule has 1 saturated carbocycles. The van der Waals surface area contributed by atoms with Gasteiger partial charge in [0.05, 0.1) is 5.56 Å². The van der Waals surface area contributed by atoms with Crippen LogP contribution in [0.1, 0.15) is 51.9 Å². The summed E-state index contributed by atoms with van der Waals surface area (Å²) in [6.07, 6.45) is -2.98. The Morgan fingerprint density at radius 2 is 1.61 bits per heavy atom. The van der Waals surface area contributed by atoms with Gasteiger partial charge in [-0.25, -0.2) is 9.97 Å². The minimum atomic E-state index is -4.34. The summed E-state index contributed by atoms with van der Waals surface area (Å²) in [4.78, 5) is 23.0. The average Bonchev–Trinajstić information content (AvgIpc) is 3.18. The van der Waals surface area contributed by atoms with E-state index >= 15 is 0 Å². The fourth-order valence-electron chi connectivity index (χ4n) is 4.79. The number of nitrogens with zero attached hydrogens (tertiary/aromatic N) is 3. The van der Waals surface area contributed by atoms with Crippen molar-refractivity contribution in [3.8, 4) is 0 Å². The number of hydrogen-bond acceptors (Lipinski definition) is 3. The number of aromatic nitrogens is 2. The van der Waals surface area contributed by atoms with Gasteiger partial charge in [-0.15, -0.1) is 0 Å². The molecule has 2 aliphatic rings. The Morgan fingerprint density at radius 3 is 2.18 bits per heavy atom. The van der Waals surface area contributed by atoms with Crippen LogP contribution < -0.4 is 0 Å². The van der Waals surface area contributed by atoms with E-state index in [1.165, 1.54) is 6.07 Å².